The molecule has 1 aliphatic heterocycles. The van der Waals surface area contributed by atoms with Crippen molar-refractivity contribution < 1.29 is 23.0 Å². The summed E-state index contributed by atoms with van der Waals surface area (Å²) in [5.41, 5.74) is 4.91. The van der Waals surface area contributed by atoms with Crippen molar-refractivity contribution in [1.29, 1.82) is 0 Å². The lowest BCUT2D eigenvalue weighted by atomic mass is 9.85. The molecule has 1 saturated heterocycles. The van der Waals surface area contributed by atoms with Gasteiger partial charge in [-0.3, -0.25) is 4.90 Å². The van der Waals surface area contributed by atoms with E-state index in [9.17, 15) is 18.3 Å². The number of aliphatic imine (C=N–C) groups is 1. The Morgan fingerprint density at radius 3 is 2.41 bits per heavy atom. The van der Waals surface area contributed by atoms with E-state index in [1.54, 1.807) is 4.68 Å². The molecule has 0 spiro atoms. The van der Waals surface area contributed by atoms with Gasteiger partial charge in [-0.1, -0.05) is 24.3 Å². The van der Waals surface area contributed by atoms with Gasteiger partial charge in [-0.2, -0.15) is 13.2 Å². The Morgan fingerprint density at radius 2 is 1.81 bits per heavy atom. The third-order valence-corrected chi connectivity index (χ3v) is 7.32. The monoisotopic (exact) mass is 519 g/mol. The highest BCUT2D eigenvalue weighted by Gasteiger charge is 2.36. The van der Waals surface area contributed by atoms with E-state index in [1.165, 1.54) is 5.56 Å². The zero-order chi connectivity index (χ0) is 26.6. The highest BCUT2D eigenvalue weighted by Crippen LogP contribution is 2.38. The molecule has 1 saturated carbocycles. The average molecular weight is 520 g/mol. The Balaban J connectivity index is 1.65. The molecule has 1 atom stereocenters. The first-order valence-corrected chi connectivity index (χ1v) is 12.8. The fraction of sp³-hybridized carbons (Fsp3) is 0.556. The quantitative estimate of drug-likeness (QED) is 0.430. The third-order valence-electron chi connectivity index (χ3n) is 7.32. The third kappa shape index (κ3) is 6.80. The van der Waals surface area contributed by atoms with E-state index in [2.05, 4.69) is 57.4 Å². The van der Waals surface area contributed by atoms with E-state index in [1.807, 2.05) is 6.92 Å². The second-order valence-corrected chi connectivity index (χ2v) is 9.96. The number of morpholine rings is 1. The number of benzene rings is 1. The van der Waals surface area contributed by atoms with Gasteiger partial charge in [0.25, 0.3) is 0 Å². The predicted octanol–water partition coefficient (Wildman–Crippen LogP) is 4.67. The van der Waals surface area contributed by atoms with Crippen LogP contribution in [-0.4, -0.2) is 72.0 Å². The lowest BCUT2D eigenvalue weighted by molar-refractivity contribution is -0.147. The summed E-state index contributed by atoms with van der Waals surface area (Å²) in [5, 5.41) is 16.8. The van der Waals surface area contributed by atoms with Crippen LogP contribution in [0.4, 0.5) is 13.2 Å². The van der Waals surface area contributed by atoms with Gasteiger partial charge in [0, 0.05) is 42.5 Å². The van der Waals surface area contributed by atoms with Crippen molar-refractivity contribution in [2.75, 3.05) is 26.3 Å². The first-order chi connectivity index (χ1) is 17.7. The summed E-state index contributed by atoms with van der Waals surface area (Å²) in [6, 6.07) is 8.65. The number of aromatic nitrogens is 1. The van der Waals surface area contributed by atoms with Crippen LogP contribution in [0.15, 0.2) is 40.4 Å². The fourth-order valence-corrected chi connectivity index (χ4v) is 4.99. The van der Waals surface area contributed by atoms with Crippen LogP contribution in [0, 0.1) is 6.92 Å². The van der Waals surface area contributed by atoms with Gasteiger partial charge in [-0.15, -0.1) is 5.10 Å². The number of nitrogens with zero attached hydrogens (tertiary/aromatic N) is 4. The Labute approximate surface area is 216 Å². The molecule has 7 nitrogen and oxygen atoms in total. The van der Waals surface area contributed by atoms with Crippen LogP contribution in [0.3, 0.4) is 0 Å². The first kappa shape index (κ1) is 27.3. The second-order valence-electron chi connectivity index (χ2n) is 9.96. The molecule has 2 heterocycles. The van der Waals surface area contributed by atoms with E-state index < -0.39 is 12.2 Å². The maximum Gasteiger partial charge on any atom is 0.408 e. The van der Waals surface area contributed by atoms with E-state index in [0.717, 1.165) is 75.1 Å². The highest BCUT2D eigenvalue weighted by atomic mass is 19.4. The summed E-state index contributed by atoms with van der Waals surface area (Å²) in [6.45, 7) is 10.6. The zero-order valence-electron chi connectivity index (χ0n) is 21.5. The van der Waals surface area contributed by atoms with E-state index >= 15 is 0 Å². The first-order valence-electron chi connectivity index (χ1n) is 12.8. The van der Waals surface area contributed by atoms with Crippen LogP contribution in [0.5, 0.6) is 0 Å². The second kappa shape index (κ2) is 11.8. The van der Waals surface area contributed by atoms with E-state index in [4.69, 9.17) is 4.74 Å². The maximum atomic E-state index is 13.2. The number of alkyl halides is 3. The molecule has 1 aromatic heterocycles. The van der Waals surface area contributed by atoms with Crippen molar-refractivity contribution >= 4 is 12.7 Å². The molecule has 0 bridgehead atoms. The molecule has 202 valence electrons. The van der Waals surface area contributed by atoms with E-state index in [0.29, 0.717) is 12.8 Å². The van der Waals surface area contributed by atoms with Crippen LogP contribution in [-0.2, 0) is 11.3 Å². The number of halogens is 3. The van der Waals surface area contributed by atoms with Crippen molar-refractivity contribution in [3.05, 3.63) is 47.3 Å². The Kier molecular flexibility index (Phi) is 8.71. The SMILES string of the molecule is C=N/C(=N\n1c(C)c(-c2ccc(CN3CCOCC3)cc2)cc1[C@H]1CC[C@H](O)CC1)N[C@@H](C)C(F)(F)F. The molecule has 4 rings (SSSR count). The minimum atomic E-state index is -4.44. The minimum Gasteiger partial charge on any atom is -0.393 e. The molecule has 2 N–H and O–H groups in total. The standard InChI is InChI=1S/C27H36F3N5O2/c1-18-24(21-6-4-20(5-7-21)17-34-12-14-37-15-13-34)16-25(22-8-10-23(36)11-9-22)35(18)33-26(31-3)32-19(2)27(28,29)30/h4-7,16,19,22-23,36H,3,8-15,17H2,1-2H3,(H,32,33)/t19-,22-,23-/m0/s1. The van der Waals surface area contributed by atoms with Crippen LogP contribution < -0.4 is 5.32 Å². The Bertz CT molecular complexity index is 1080. The maximum absolute atomic E-state index is 13.2. The van der Waals surface area contributed by atoms with Crippen molar-refractivity contribution in [3.63, 3.8) is 0 Å². The van der Waals surface area contributed by atoms with Crippen LogP contribution in [0.2, 0.25) is 0 Å². The zero-order valence-corrected chi connectivity index (χ0v) is 21.5. The van der Waals surface area contributed by atoms with Gasteiger partial charge in [0.2, 0.25) is 5.96 Å². The molecule has 0 amide bonds. The predicted molar refractivity (Wildman–Crippen MR) is 139 cm³/mol. The number of hydrogen-bond acceptors (Lipinski definition) is 4. The lowest BCUT2D eigenvalue weighted by Crippen LogP contribution is -2.42. The minimum absolute atomic E-state index is 0.131. The van der Waals surface area contributed by atoms with Gasteiger partial charge < -0.3 is 15.2 Å². The normalized spacial score (nSPS) is 22.6. The summed E-state index contributed by atoms with van der Waals surface area (Å²) in [4.78, 5) is 6.10. The van der Waals surface area contributed by atoms with Crippen molar-refractivity contribution in [2.45, 2.75) is 70.3 Å². The number of aliphatic hydroxyl groups excluding tert-OH is 1. The highest BCUT2D eigenvalue weighted by molar-refractivity contribution is 5.84. The summed E-state index contributed by atoms with van der Waals surface area (Å²) in [5.74, 6) is -0.0562. The summed E-state index contributed by atoms with van der Waals surface area (Å²) >= 11 is 0. The molecule has 1 aromatic carbocycles. The number of aliphatic hydroxyl groups is 1. The summed E-state index contributed by atoms with van der Waals surface area (Å²) in [6.07, 6.45) is -1.83. The number of guanidine groups is 1. The largest absolute Gasteiger partial charge is 0.408 e. The van der Waals surface area contributed by atoms with Crippen LogP contribution in [0.1, 0.15) is 55.5 Å². The number of rotatable bonds is 6. The van der Waals surface area contributed by atoms with Crippen molar-refractivity contribution in [3.8, 4) is 11.1 Å². The molecule has 10 heteroatoms. The molecule has 37 heavy (non-hydrogen) atoms. The number of ether oxygens (including phenoxy) is 1. The molecular formula is C27H36F3N5O2. The molecule has 2 fully saturated rings. The summed E-state index contributed by atoms with van der Waals surface area (Å²) in [7, 11) is 0. The Hall–Kier alpha value is -2.69. The average Bonchev–Trinajstić information content (AvgIpc) is 3.20. The van der Waals surface area contributed by atoms with E-state index in [-0.39, 0.29) is 18.0 Å². The van der Waals surface area contributed by atoms with Crippen molar-refractivity contribution in [1.82, 2.24) is 14.9 Å². The summed E-state index contributed by atoms with van der Waals surface area (Å²) < 4.78 is 46.6. The van der Waals surface area contributed by atoms with Crippen LogP contribution >= 0.6 is 0 Å². The lowest BCUT2D eigenvalue weighted by Gasteiger charge is -2.26. The molecule has 2 aliphatic rings. The smallest absolute Gasteiger partial charge is 0.393 e. The Morgan fingerprint density at radius 1 is 1.16 bits per heavy atom. The van der Waals surface area contributed by atoms with Gasteiger partial charge in [0.15, 0.2) is 0 Å². The van der Waals surface area contributed by atoms with Crippen molar-refractivity contribution in [2.24, 2.45) is 10.1 Å². The fourth-order valence-electron chi connectivity index (χ4n) is 4.99. The van der Waals surface area contributed by atoms with Gasteiger partial charge in [-0.05, 0) is 63.4 Å². The topological polar surface area (TPSA) is 74.4 Å². The van der Waals surface area contributed by atoms with Gasteiger partial charge in [0.05, 0.1) is 19.3 Å². The van der Waals surface area contributed by atoms with Gasteiger partial charge in [0.1, 0.15) is 6.04 Å². The molecular weight excluding hydrogens is 483 g/mol. The van der Waals surface area contributed by atoms with Crippen LogP contribution in [0.25, 0.3) is 11.1 Å². The number of hydrogen-bond donors (Lipinski definition) is 2. The van der Waals surface area contributed by atoms with Gasteiger partial charge >= 0.3 is 6.18 Å². The molecule has 2 aromatic rings. The molecule has 0 unspecified atom stereocenters. The van der Waals surface area contributed by atoms with Gasteiger partial charge in [-0.25, -0.2) is 9.67 Å². The molecule has 1 aliphatic carbocycles. The number of nitrogens with one attached hydrogen (secondary N) is 1. The molecule has 0 radical (unpaired) electrons.